The molecule has 8 heteroatoms. The minimum atomic E-state index is -0.524. The summed E-state index contributed by atoms with van der Waals surface area (Å²) in [6, 6.07) is 10.1. The van der Waals surface area contributed by atoms with Crippen molar-refractivity contribution in [2.45, 2.75) is 6.04 Å². The van der Waals surface area contributed by atoms with Crippen molar-refractivity contribution in [3.8, 4) is 0 Å². The van der Waals surface area contributed by atoms with Crippen LogP contribution in [0, 0.1) is 4.64 Å². The SMILES string of the molecule is COC(=O)C(c1ccc(Cl)cc1)N1CCN(C(=O)c2ccc[nH]c2=S)CC1. The van der Waals surface area contributed by atoms with Crippen LogP contribution < -0.4 is 0 Å². The van der Waals surface area contributed by atoms with Gasteiger partial charge in [-0.05, 0) is 29.8 Å². The van der Waals surface area contributed by atoms with Crippen LogP contribution in [0.4, 0.5) is 0 Å². The Morgan fingerprint density at radius 2 is 1.81 bits per heavy atom. The van der Waals surface area contributed by atoms with Gasteiger partial charge in [0.05, 0.1) is 12.7 Å². The molecule has 1 aliphatic heterocycles. The van der Waals surface area contributed by atoms with Crippen molar-refractivity contribution in [2.24, 2.45) is 0 Å². The van der Waals surface area contributed by atoms with Crippen LogP contribution in [0.2, 0.25) is 5.02 Å². The molecule has 142 valence electrons. The van der Waals surface area contributed by atoms with E-state index in [0.29, 0.717) is 41.4 Å². The summed E-state index contributed by atoms with van der Waals surface area (Å²) in [6.07, 6.45) is 1.70. The number of nitrogens with one attached hydrogen (secondary N) is 1. The molecule has 0 radical (unpaired) electrons. The van der Waals surface area contributed by atoms with Gasteiger partial charge in [0.25, 0.3) is 5.91 Å². The quantitative estimate of drug-likeness (QED) is 0.625. The number of hydrogen-bond acceptors (Lipinski definition) is 5. The molecule has 0 bridgehead atoms. The van der Waals surface area contributed by atoms with Crippen LogP contribution in [0.5, 0.6) is 0 Å². The number of rotatable bonds is 4. The molecule has 1 aromatic carbocycles. The first-order valence-electron chi connectivity index (χ1n) is 8.55. The van der Waals surface area contributed by atoms with Gasteiger partial charge in [0.2, 0.25) is 0 Å². The summed E-state index contributed by atoms with van der Waals surface area (Å²) < 4.78 is 5.43. The molecule has 2 heterocycles. The topological polar surface area (TPSA) is 65.6 Å². The number of pyridine rings is 1. The average Bonchev–Trinajstić information content (AvgIpc) is 2.70. The zero-order valence-corrected chi connectivity index (χ0v) is 16.4. The lowest BCUT2D eigenvalue weighted by Crippen LogP contribution is -2.51. The molecule has 1 atom stereocenters. The highest BCUT2D eigenvalue weighted by Crippen LogP contribution is 2.25. The van der Waals surface area contributed by atoms with Gasteiger partial charge in [-0.2, -0.15) is 0 Å². The van der Waals surface area contributed by atoms with Crippen molar-refractivity contribution < 1.29 is 14.3 Å². The Labute approximate surface area is 167 Å². The third-order valence-corrected chi connectivity index (χ3v) is 5.22. The van der Waals surface area contributed by atoms with E-state index in [1.165, 1.54) is 7.11 Å². The predicted octanol–water partition coefficient (Wildman–Crippen LogP) is 3.07. The van der Waals surface area contributed by atoms with Crippen LogP contribution >= 0.6 is 23.8 Å². The van der Waals surface area contributed by atoms with E-state index in [4.69, 9.17) is 28.6 Å². The van der Waals surface area contributed by atoms with E-state index in [-0.39, 0.29) is 11.9 Å². The molecule has 3 rings (SSSR count). The number of ether oxygens (including phenoxy) is 1. The minimum absolute atomic E-state index is 0.0994. The number of methoxy groups -OCH3 is 1. The largest absolute Gasteiger partial charge is 0.468 e. The standard InChI is InChI=1S/C19H20ClN3O3S/c1-26-19(25)16(13-4-6-14(20)7-5-13)22-9-11-23(12-10-22)18(24)15-3-2-8-21-17(15)27/h2-8,16H,9-12H2,1H3,(H,21,27). The van der Waals surface area contributed by atoms with Crippen LogP contribution in [-0.4, -0.2) is 59.9 Å². The van der Waals surface area contributed by atoms with Crippen molar-refractivity contribution >= 4 is 35.7 Å². The van der Waals surface area contributed by atoms with E-state index < -0.39 is 6.04 Å². The first-order valence-corrected chi connectivity index (χ1v) is 9.34. The number of aromatic amines is 1. The fourth-order valence-corrected chi connectivity index (χ4v) is 3.55. The molecule has 1 aromatic heterocycles. The first-order chi connectivity index (χ1) is 13.0. The van der Waals surface area contributed by atoms with Gasteiger partial charge in [0, 0.05) is 37.4 Å². The molecular formula is C19H20ClN3O3S. The van der Waals surface area contributed by atoms with Crippen LogP contribution in [0.15, 0.2) is 42.6 Å². The van der Waals surface area contributed by atoms with Crippen molar-refractivity contribution in [3.05, 3.63) is 63.4 Å². The van der Waals surface area contributed by atoms with Gasteiger partial charge in [-0.15, -0.1) is 0 Å². The Balaban J connectivity index is 1.73. The second kappa shape index (κ2) is 8.65. The highest BCUT2D eigenvalue weighted by Gasteiger charge is 2.32. The van der Waals surface area contributed by atoms with Crippen molar-refractivity contribution in [2.75, 3.05) is 33.3 Å². The van der Waals surface area contributed by atoms with Crippen LogP contribution in [-0.2, 0) is 9.53 Å². The average molecular weight is 406 g/mol. The normalized spacial score (nSPS) is 16.0. The Morgan fingerprint density at radius 3 is 2.41 bits per heavy atom. The monoisotopic (exact) mass is 405 g/mol. The number of esters is 1. The zero-order chi connectivity index (χ0) is 19.4. The molecule has 1 N–H and O–H groups in total. The van der Waals surface area contributed by atoms with E-state index in [1.807, 2.05) is 17.0 Å². The van der Waals surface area contributed by atoms with Gasteiger partial charge in [-0.3, -0.25) is 9.69 Å². The molecule has 1 unspecified atom stereocenters. The predicted molar refractivity (Wildman–Crippen MR) is 105 cm³/mol. The minimum Gasteiger partial charge on any atom is -0.468 e. The molecule has 0 saturated carbocycles. The lowest BCUT2D eigenvalue weighted by Gasteiger charge is -2.38. The second-order valence-electron chi connectivity index (χ2n) is 6.22. The summed E-state index contributed by atoms with van der Waals surface area (Å²) >= 11 is 11.2. The molecule has 1 saturated heterocycles. The Hall–Kier alpha value is -2.22. The molecule has 2 aromatic rings. The van der Waals surface area contributed by atoms with Crippen molar-refractivity contribution in [1.29, 1.82) is 0 Å². The van der Waals surface area contributed by atoms with Gasteiger partial charge in [0.15, 0.2) is 0 Å². The lowest BCUT2D eigenvalue weighted by atomic mass is 10.0. The summed E-state index contributed by atoms with van der Waals surface area (Å²) in [6.45, 7) is 2.11. The lowest BCUT2D eigenvalue weighted by molar-refractivity contribution is -0.148. The van der Waals surface area contributed by atoms with Crippen molar-refractivity contribution in [1.82, 2.24) is 14.8 Å². The molecule has 1 amide bonds. The highest BCUT2D eigenvalue weighted by atomic mass is 35.5. The van der Waals surface area contributed by atoms with Gasteiger partial charge >= 0.3 is 5.97 Å². The number of halogens is 1. The molecular weight excluding hydrogens is 386 g/mol. The van der Waals surface area contributed by atoms with Crippen LogP contribution in [0.25, 0.3) is 0 Å². The summed E-state index contributed by atoms with van der Waals surface area (Å²) in [7, 11) is 1.38. The second-order valence-corrected chi connectivity index (χ2v) is 7.06. The first kappa shape index (κ1) is 19.5. The van der Waals surface area contributed by atoms with Gasteiger partial charge in [-0.1, -0.05) is 36.0 Å². The molecule has 0 aliphatic carbocycles. The zero-order valence-electron chi connectivity index (χ0n) is 14.9. The maximum Gasteiger partial charge on any atom is 0.327 e. The van der Waals surface area contributed by atoms with E-state index in [2.05, 4.69) is 4.98 Å². The summed E-state index contributed by atoms with van der Waals surface area (Å²) in [4.78, 5) is 31.7. The fourth-order valence-electron chi connectivity index (χ4n) is 3.20. The van der Waals surface area contributed by atoms with Crippen molar-refractivity contribution in [3.63, 3.8) is 0 Å². The molecule has 1 fully saturated rings. The number of H-pyrrole nitrogens is 1. The summed E-state index contributed by atoms with van der Waals surface area (Å²) in [5.74, 6) is -0.430. The van der Waals surface area contributed by atoms with Crippen LogP contribution in [0.3, 0.4) is 0 Å². The maximum absolute atomic E-state index is 12.7. The van der Waals surface area contributed by atoms with Gasteiger partial charge < -0.3 is 14.6 Å². The molecule has 0 spiro atoms. The smallest absolute Gasteiger partial charge is 0.327 e. The van der Waals surface area contributed by atoms with Crippen LogP contribution in [0.1, 0.15) is 22.0 Å². The highest BCUT2D eigenvalue weighted by molar-refractivity contribution is 7.71. The fraction of sp³-hybridized carbons (Fsp3) is 0.316. The maximum atomic E-state index is 12.7. The Morgan fingerprint density at radius 1 is 1.15 bits per heavy atom. The van der Waals surface area contributed by atoms with Gasteiger partial charge in [0.1, 0.15) is 10.7 Å². The number of amides is 1. The number of piperazine rings is 1. The number of benzene rings is 1. The Kier molecular flexibility index (Phi) is 6.26. The van der Waals surface area contributed by atoms with E-state index in [9.17, 15) is 9.59 Å². The third-order valence-electron chi connectivity index (χ3n) is 4.63. The molecule has 27 heavy (non-hydrogen) atoms. The summed E-state index contributed by atoms with van der Waals surface area (Å²) in [5.41, 5.74) is 1.31. The number of aromatic nitrogens is 1. The third kappa shape index (κ3) is 4.37. The van der Waals surface area contributed by atoms with Gasteiger partial charge in [-0.25, -0.2) is 4.79 Å². The number of nitrogens with zero attached hydrogens (tertiary/aromatic N) is 2. The number of hydrogen-bond donors (Lipinski definition) is 1. The molecule has 6 nitrogen and oxygen atoms in total. The van der Waals surface area contributed by atoms with E-state index >= 15 is 0 Å². The Bertz CT molecular complexity index is 876. The van der Waals surface area contributed by atoms with E-state index in [0.717, 1.165) is 5.56 Å². The number of carbonyl (C=O) groups is 2. The van der Waals surface area contributed by atoms with E-state index in [1.54, 1.807) is 35.4 Å². The molecule has 1 aliphatic rings. The summed E-state index contributed by atoms with van der Waals surface area (Å²) in [5, 5.41) is 0.608. The number of carbonyl (C=O) groups excluding carboxylic acids is 2.